The summed E-state index contributed by atoms with van der Waals surface area (Å²) >= 11 is 0. The molecule has 22 heavy (non-hydrogen) atoms. The normalized spacial score (nSPS) is 25.0. The van der Waals surface area contributed by atoms with Crippen LogP contribution in [0.1, 0.15) is 77.0 Å². The summed E-state index contributed by atoms with van der Waals surface area (Å²) in [5.74, 6) is 2.33. The molecule has 2 fully saturated rings. The van der Waals surface area contributed by atoms with Crippen LogP contribution in [0.25, 0.3) is 0 Å². The van der Waals surface area contributed by atoms with Crippen LogP contribution in [-0.4, -0.2) is 48.5 Å². The highest BCUT2D eigenvalue weighted by atomic mass is 15.4. The lowest BCUT2D eigenvalue weighted by Gasteiger charge is -2.41. The Balaban J connectivity index is 1.42. The molecular weight excluding hydrogens is 270 g/mol. The first kappa shape index (κ1) is 16.1. The third kappa shape index (κ3) is 4.63. The molecule has 3 aliphatic rings. The average molecular weight is 306 g/mol. The predicted octanol–water partition coefficient (Wildman–Crippen LogP) is 4.28. The van der Waals surface area contributed by atoms with E-state index in [0.717, 1.165) is 12.5 Å². The molecule has 1 saturated heterocycles. The highest BCUT2D eigenvalue weighted by Gasteiger charge is 2.25. The van der Waals surface area contributed by atoms with Gasteiger partial charge in [0.25, 0.3) is 0 Å². The lowest BCUT2D eigenvalue weighted by molar-refractivity contribution is 0.236. The standard InChI is InChI=1S/C19H35N3/c1-2-4-6-11-18(10-5-3-1)12-7-14-21-16-9-17-22-15-8-13-20-19(21)22/h18H,1-17H2. The first-order chi connectivity index (χ1) is 10.9. The van der Waals surface area contributed by atoms with Crippen molar-refractivity contribution in [2.75, 3.05) is 32.7 Å². The molecule has 1 aliphatic carbocycles. The molecule has 0 spiro atoms. The first-order valence-corrected chi connectivity index (χ1v) is 9.98. The molecule has 0 radical (unpaired) electrons. The monoisotopic (exact) mass is 305 g/mol. The van der Waals surface area contributed by atoms with Crippen molar-refractivity contribution in [2.45, 2.75) is 77.0 Å². The number of hydrogen-bond acceptors (Lipinski definition) is 3. The lowest BCUT2D eigenvalue weighted by atomic mass is 9.92. The topological polar surface area (TPSA) is 18.8 Å². The summed E-state index contributed by atoms with van der Waals surface area (Å²) < 4.78 is 0. The van der Waals surface area contributed by atoms with Gasteiger partial charge in [-0.3, -0.25) is 4.99 Å². The molecule has 0 unspecified atom stereocenters. The van der Waals surface area contributed by atoms with Crippen molar-refractivity contribution >= 4 is 5.96 Å². The van der Waals surface area contributed by atoms with Gasteiger partial charge >= 0.3 is 0 Å². The van der Waals surface area contributed by atoms with Gasteiger partial charge < -0.3 is 9.80 Å². The lowest BCUT2D eigenvalue weighted by Crippen LogP contribution is -2.52. The van der Waals surface area contributed by atoms with E-state index >= 15 is 0 Å². The molecule has 0 aromatic carbocycles. The summed E-state index contributed by atoms with van der Waals surface area (Å²) in [6.45, 7) is 5.99. The Morgan fingerprint density at radius 1 is 0.818 bits per heavy atom. The van der Waals surface area contributed by atoms with E-state index in [0.29, 0.717) is 0 Å². The maximum absolute atomic E-state index is 4.81. The number of nitrogens with zero attached hydrogens (tertiary/aromatic N) is 3. The second-order valence-electron chi connectivity index (χ2n) is 7.57. The van der Waals surface area contributed by atoms with Gasteiger partial charge in [0.15, 0.2) is 5.96 Å². The zero-order valence-corrected chi connectivity index (χ0v) is 14.4. The molecule has 0 amide bonds. The van der Waals surface area contributed by atoms with E-state index in [4.69, 9.17) is 4.99 Å². The van der Waals surface area contributed by atoms with Gasteiger partial charge in [-0.25, -0.2) is 0 Å². The summed E-state index contributed by atoms with van der Waals surface area (Å²) in [6.07, 6.45) is 17.3. The Bertz CT molecular complexity index is 343. The fourth-order valence-electron chi connectivity index (χ4n) is 4.49. The maximum Gasteiger partial charge on any atom is 0.196 e. The van der Waals surface area contributed by atoms with E-state index in [9.17, 15) is 0 Å². The summed E-state index contributed by atoms with van der Waals surface area (Å²) in [5, 5.41) is 0. The van der Waals surface area contributed by atoms with Crippen molar-refractivity contribution in [3.05, 3.63) is 0 Å². The average Bonchev–Trinajstić information content (AvgIpc) is 2.69. The van der Waals surface area contributed by atoms with E-state index in [-0.39, 0.29) is 0 Å². The Labute approximate surface area is 137 Å². The van der Waals surface area contributed by atoms with Gasteiger partial charge in [0.2, 0.25) is 0 Å². The fourth-order valence-corrected chi connectivity index (χ4v) is 4.49. The molecular formula is C19H35N3. The number of guanidine groups is 1. The highest BCUT2D eigenvalue weighted by molar-refractivity contribution is 5.81. The molecule has 3 rings (SSSR count). The quantitative estimate of drug-likeness (QED) is 0.772. The molecule has 0 aromatic heterocycles. The second-order valence-corrected chi connectivity index (χ2v) is 7.57. The molecule has 2 heterocycles. The van der Waals surface area contributed by atoms with Crippen LogP contribution >= 0.6 is 0 Å². The van der Waals surface area contributed by atoms with E-state index in [1.165, 1.54) is 109 Å². The highest BCUT2D eigenvalue weighted by Crippen LogP contribution is 2.25. The van der Waals surface area contributed by atoms with Crippen LogP contribution in [0.15, 0.2) is 4.99 Å². The van der Waals surface area contributed by atoms with Crippen LogP contribution in [0, 0.1) is 5.92 Å². The third-order valence-electron chi connectivity index (χ3n) is 5.78. The van der Waals surface area contributed by atoms with Crippen molar-refractivity contribution in [1.82, 2.24) is 9.80 Å². The van der Waals surface area contributed by atoms with Crippen molar-refractivity contribution in [2.24, 2.45) is 10.9 Å². The number of rotatable bonds is 4. The summed E-state index contributed by atoms with van der Waals surface area (Å²) in [5.41, 5.74) is 0. The molecule has 3 nitrogen and oxygen atoms in total. The molecule has 0 atom stereocenters. The summed E-state index contributed by atoms with van der Waals surface area (Å²) in [4.78, 5) is 9.91. The van der Waals surface area contributed by atoms with Gasteiger partial charge in [0, 0.05) is 32.7 Å². The van der Waals surface area contributed by atoms with Crippen molar-refractivity contribution in [1.29, 1.82) is 0 Å². The Hall–Kier alpha value is -0.730. The van der Waals surface area contributed by atoms with Crippen LogP contribution in [0.5, 0.6) is 0 Å². The second kappa shape index (κ2) is 8.79. The predicted molar refractivity (Wildman–Crippen MR) is 94.3 cm³/mol. The minimum atomic E-state index is 1.01. The van der Waals surface area contributed by atoms with Crippen LogP contribution in [0.4, 0.5) is 0 Å². The Kier molecular flexibility index (Phi) is 6.45. The first-order valence-electron chi connectivity index (χ1n) is 9.98. The Morgan fingerprint density at radius 3 is 2.36 bits per heavy atom. The SMILES string of the molecule is C1CCCCC(CCCN2CCCN3CCCN=C32)CCC1. The molecule has 1 saturated carbocycles. The van der Waals surface area contributed by atoms with Crippen molar-refractivity contribution in [3.63, 3.8) is 0 Å². The number of fused-ring (bicyclic) bond motifs is 1. The van der Waals surface area contributed by atoms with E-state index in [1.807, 2.05) is 0 Å². The minimum absolute atomic E-state index is 1.01. The van der Waals surface area contributed by atoms with Crippen LogP contribution in [0.2, 0.25) is 0 Å². The van der Waals surface area contributed by atoms with Crippen LogP contribution in [-0.2, 0) is 0 Å². The molecule has 0 N–H and O–H groups in total. The smallest absolute Gasteiger partial charge is 0.196 e. The van der Waals surface area contributed by atoms with Crippen LogP contribution < -0.4 is 0 Å². The van der Waals surface area contributed by atoms with Gasteiger partial charge in [-0.15, -0.1) is 0 Å². The Morgan fingerprint density at radius 2 is 1.55 bits per heavy atom. The van der Waals surface area contributed by atoms with E-state index in [2.05, 4.69) is 9.80 Å². The molecule has 2 aliphatic heterocycles. The third-order valence-corrected chi connectivity index (χ3v) is 5.78. The maximum atomic E-state index is 4.81. The molecule has 0 aromatic rings. The zero-order chi connectivity index (χ0) is 15.0. The van der Waals surface area contributed by atoms with Gasteiger partial charge in [-0.2, -0.15) is 0 Å². The van der Waals surface area contributed by atoms with E-state index < -0.39 is 0 Å². The largest absolute Gasteiger partial charge is 0.343 e. The van der Waals surface area contributed by atoms with Gasteiger partial charge in [0.1, 0.15) is 0 Å². The van der Waals surface area contributed by atoms with Gasteiger partial charge in [-0.1, -0.05) is 51.4 Å². The van der Waals surface area contributed by atoms with Gasteiger partial charge in [0.05, 0.1) is 0 Å². The molecule has 0 bridgehead atoms. The van der Waals surface area contributed by atoms with Crippen LogP contribution in [0.3, 0.4) is 0 Å². The van der Waals surface area contributed by atoms with Crippen molar-refractivity contribution < 1.29 is 0 Å². The molecule has 126 valence electrons. The van der Waals surface area contributed by atoms with Gasteiger partial charge in [-0.05, 0) is 31.6 Å². The minimum Gasteiger partial charge on any atom is -0.343 e. The zero-order valence-electron chi connectivity index (χ0n) is 14.4. The van der Waals surface area contributed by atoms with Crippen molar-refractivity contribution in [3.8, 4) is 0 Å². The fraction of sp³-hybridized carbons (Fsp3) is 0.947. The molecule has 3 heteroatoms. The number of hydrogen-bond donors (Lipinski definition) is 0. The summed E-state index contributed by atoms with van der Waals surface area (Å²) in [6, 6.07) is 0. The number of aliphatic imine (C=N–C) groups is 1. The van der Waals surface area contributed by atoms with E-state index in [1.54, 1.807) is 0 Å². The summed E-state index contributed by atoms with van der Waals surface area (Å²) in [7, 11) is 0.